The lowest BCUT2D eigenvalue weighted by molar-refractivity contribution is -0.125. The average molecular weight is 233 g/mol. The van der Waals surface area contributed by atoms with Crippen molar-refractivity contribution < 1.29 is 4.79 Å². The molecule has 1 spiro atoms. The zero-order valence-electron chi connectivity index (χ0n) is 11.3. The van der Waals surface area contributed by atoms with Crippen molar-refractivity contribution >= 4 is 5.91 Å². The van der Waals surface area contributed by atoms with Gasteiger partial charge in [0.05, 0.1) is 0 Å². The van der Waals surface area contributed by atoms with Crippen molar-refractivity contribution in [1.29, 1.82) is 0 Å². The molecular weight excluding hydrogens is 210 g/mol. The predicted octanol–water partition coefficient (Wildman–Crippen LogP) is 2.68. The van der Waals surface area contributed by atoms with Crippen molar-refractivity contribution in [2.75, 3.05) is 13.1 Å². The minimum absolute atomic E-state index is 0.0386. The Labute approximate surface area is 105 Å². The number of nitrogens with zero attached hydrogens (tertiary/aromatic N) is 1. The molecule has 1 saturated carbocycles. The standard InChI is InChI=1S/C15H23NO/c1-4-5-6-14(17)16-8-7-15(11-16)9-13(10-15)12(2)3/h12-13H,4,7-11H2,1-3H3. The van der Waals surface area contributed by atoms with Crippen molar-refractivity contribution in [3.8, 4) is 11.8 Å². The van der Waals surface area contributed by atoms with Crippen LogP contribution >= 0.6 is 0 Å². The van der Waals surface area contributed by atoms with E-state index in [9.17, 15) is 4.79 Å². The van der Waals surface area contributed by atoms with Crippen LogP contribution in [0.5, 0.6) is 0 Å². The summed E-state index contributed by atoms with van der Waals surface area (Å²) in [6.45, 7) is 8.46. The van der Waals surface area contributed by atoms with Crippen molar-refractivity contribution in [3.63, 3.8) is 0 Å². The zero-order valence-corrected chi connectivity index (χ0v) is 11.3. The Balaban J connectivity index is 1.87. The van der Waals surface area contributed by atoms with Crippen LogP contribution in [0.2, 0.25) is 0 Å². The highest BCUT2D eigenvalue weighted by Gasteiger charge is 2.49. The Kier molecular flexibility index (Phi) is 3.47. The van der Waals surface area contributed by atoms with Crippen LogP contribution in [0.1, 0.15) is 46.5 Å². The molecule has 17 heavy (non-hydrogen) atoms. The molecule has 0 bridgehead atoms. The van der Waals surface area contributed by atoms with Gasteiger partial charge in [0.2, 0.25) is 0 Å². The van der Waals surface area contributed by atoms with E-state index >= 15 is 0 Å². The van der Waals surface area contributed by atoms with Gasteiger partial charge in [0.1, 0.15) is 0 Å². The molecule has 1 aliphatic heterocycles. The minimum Gasteiger partial charge on any atom is -0.331 e. The highest BCUT2D eigenvalue weighted by molar-refractivity contribution is 5.93. The molecule has 2 aliphatic rings. The van der Waals surface area contributed by atoms with Crippen molar-refractivity contribution in [2.24, 2.45) is 17.3 Å². The first kappa shape index (κ1) is 12.5. The van der Waals surface area contributed by atoms with Gasteiger partial charge in [-0.2, -0.15) is 0 Å². The maximum Gasteiger partial charge on any atom is 0.298 e. The van der Waals surface area contributed by atoms with Crippen LogP contribution in [0.15, 0.2) is 0 Å². The van der Waals surface area contributed by atoms with Gasteiger partial charge in [0, 0.05) is 19.5 Å². The molecule has 1 saturated heterocycles. The molecule has 0 N–H and O–H groups in total. The lowest BCUT2D eigenvalue weighted by Gasteiger charge is -2.47. The molecule has 0 aromatic heterocycles. The van der Waals surface area contributed by atoms with Gasteiger partial charge in [-0.25, -0.2) is 0 Å². The van der Waals surface area contributed by atoms with E-state index in [-0.39, 0.29) is 5.91 Å². The summed E-state index contributed by atoms with van der Waals surface area (Å²) in [4.78, 5) is 13.8. The average Bonchev–Trinajstić information content (AvgIpc) is 2.68. The molecule has 2 heteroatoms. The molecule has 1 amide bonds. The Bertz CT molecular complexity index is 355. The second-order valence-electron chi connectivity index (χ2n) is 6.04. The van der Waals surface area contributed by atoms with E-state index < -0.39 is 0 Å². The van der Waals surface area contributed by atoms with Crippen molar-refractivity contribution in [1.82, 2.24) is 4.90 Å². The van der Waals surface area contributed by atoms with E-state index in [0.29, 0.717) is 5.41 Å². The fraction of sp³-hybridized carbons (Fsp3) is 0.800. The van der Waals surface area contributed by atoms with Crippen LogP contribution in [0, 0.1) is 29.1 Å². The molecule has 0 aromatic rings. The molecular formula is C15H23NO. The topological polar surface area (TPSA) is 20.3 Å². The minimum atomic E-state index is 0.0386. The molecule has 2 nitrogen and oxygen atoms in total. The molecule has 0 aromatic carbocycles. The first-order valence-electron chi connectivity index (χ1n) is 6.84. The lowest BCUT2D eigenvalue weighted by atomic mass is 9.58. The van der Waals surface area contributed by atoms with Crippen molar-refractivity contribution in [2.45, 2.75) is 46.5 Å². The predicted molar refractivity (Wildman–Crippen MR) is 69.3 cm³/mol. The van der Waals surface area contributed by atoms with Crippen LogP contribution in [0.4, 0.5) is 0 Å². The first-order chi connectivity index (χ1) is 8.06. The van der Waals surface area contributed by atoms with E-state index in [2.05, 4.69) is 25.7 Å². The third-order valence-corrected chi connectivity index (χ3v) is 4.43. The first-order valence-corrected chi connectivity index (χ1v) is 6.84. The fourth-order valence-electron chi connectivity index (χ4n) is 3.21. The number of hydrogen-bond acceptors (Lipinski definition) is 1. The number of amides is 1. The normalized spacial score (nSPS) is 31.3. The Morgan fingerprint density at radius 1 is 1.47 bits per heavy atom. The van der Waals surface area contributed by atoms with E-state index in [0.717, 1.165) is 31.3 Å². The van der Waals surface area contributed by atoms with Crippen LogP contribution < -0.4 is 0 Å². The third kappa shape index (κ3) is 2.49. The Morgan fingerprint density at radius 2 is 2.18 bits per heavy atom. The van der Waals surface area contributed by atoms with Crippen molar-refractivity contribution in [3.05, 3.63) is 0 Å². The number of carbonyl (C=O) groups excluding carboxylic acids is 1. The summed E-state index contributed by atoms with van der Waals surface area (Å²) in [6, 6.07) is 0. The lowest BCUT2D eigenvalue weighted by Crippen LogP contribution is -2.42. The zero-order chi connectivity index (χ0) is 12.5. The maximum absolute atomic E-state index is 11.8. The largest absolute Gasteiger partial charge is 0.331 e. The van der Waals surface area contributed by atoms with Gasteiger partial charge in [-0.1, -0.05) is 26.7 Å². The highest BCUT2D eigenvalue weighted by Crippen LogP contribution is 2.54. The molecule has 2 rings (SSSR count). The fourth-order valence-corrected chi connectivity index (χ4v) is 3.21. The summed E-state index contributed by atoms with van der Waals surface area (Å²) in [5.41, 5.74) is 0.457. The second-order valence-corrected chi connectivity index (χ2v) is 6.04. The summed E-state index contributed by atoms with van der Waals surface area (Å²) < 4.78 is 0. The SMILES string of the molecule is CCC#CC(=O)N1CCC2(CC(C(C)C)C2)C1. The third-order valence-electron chi connectivity index (χ3n) is 4.43. The number of rotatable bonds is 1. The summed E-state index contributed by atoms with van der Waals surface area (Å²) in [5.74, 6) is 7.32. The summed E-state index contributed by atoms with van der Waals surface area (Å²) in [7, 11) is 0. The summed E-state index contributed by atoms with van der Waals surface area (Å²) in [5, 5.41) is 0. The van der Waals surface area contributed by atoms with Crippen LogP contribution in [-0.4, -0.2) is 23.9 Å². The molecule has 2 fully saturated rings. The number of likely N-dealkylation sites (tertiary alicyclic amines) is 1. The van der Waals surface area contributed by atoms with Gasteiger partial charge in [-0.05, 0) is 42.4 Å². The Morgan fingerprint density at radius 3 is 2.76 bits per heavy atom. The molecule has 94 valence electrons. The van der Waals surface area contributed by atoms with Crippen LogP contribution in [0.3, 0.4) is 0 Å². The monoisotopic (exact) mass is 233 g/mol. The van der Waals surface area contributed by atoms with Crippen LogP contribution in [-0.2, 0) is 4.79 Å². The molecule has 0 radical (unpaired) electrons. The van der Waals surface area contributed by atoms with Gasteiger partial charge in [-0.3, -0.25) is 4.79 Å². The quantitative estimate of drug-likeness (QED) is 0.638. The second kappa shape index (κ2) is 4.72. The van der Waals surface area contributed by atoms with Gasteiger partial charge in [0.15, 0.2) is 0 Å². The molecule has 0 unspecified atom stereocenters. The number of carbonyl (C=O) groups is 1. The molecule has 1 aliphatic carbocycles. The molecule has 0 atom stereocenters. The Hall–Kier alpha value is -0.970. The van der Waals surface area contributed by atoms with Gasteiger partial charge in [-0.15, -0.1) is 0 Å². The van der Waals surface area contributed by atoms with Gasteiger partial charge < -0.3 is 4.90 Å². The van der Waals surface area contributed by atoms with E-state index in [1.54, 1.807) is 0 Å². The number of hydrogen-bond donors (Lipinski definition) is 0. The highest BCUT2D eigenvalue weighted by atomic mass is 16.2. The summed E-state index contributed by atoms with van der Waals surface area (Å²) >= 11 is 0. The van der Waals surface area contributed by atoms with Gasteiger partial charge >= 0.3 is 0 Å². The molecule has 1 heterocycles. The van der Waals surface area contributed by atoms with E-state index in [1.165, 1.54) is 19.3 Å². The smallest absolute Gasteiger partial charge is 0.298 e. The van der Waals surface area contributed by atoms with Crippen LogP contribution in [0.25, 0.3) is 0 Å². The van der Waals surface area contributed by atoms with E-state index in [1.807, 2.05) is 11.8 Å². The summed E-state index contributed by atoms with van der Waals surface area (Å²) in [6.07, 6.45) is 4.58. The maximum atomic E-state index is 11.8. The van der Waals surface area contributed by atoms with E-state index in [4.69, 9.17) is 0 Å². The van der Waals surface area contributed by atoms with Gasteiger partial charge in [0.25, 0.3) is 5.91 Å².